The summed E-state index contributed by atoms with van der Waals surface area (Å²) in [6, 6.07) is 1.94. The summed E-state index contributed by atoms with van der Waals surface area (Å²) < 4.78 is 0. The number of nitrogen functional groups attached to an aromatic ring is 1. The van der Waals surface area contributed by atoms with Crippen molar-refractivity contribution in [3.05, 3.63) is 22.3 Å². The maximum Gasteiger partial charge on any atom is 0.128 e. The molecule has 1 saturated carbocycles. The van der Waals surface area contributed by atoms with Crippen molar-refractivity contribution in [1.29, 1.82) is 0 Å². The van der Waals surface area contributed by atoms with Crippen molar-refractivity contribution < 1.29 is 0 Å². The van der Waals surface area contributed by atoms with Crippen molar-refractivity contribution in [1.82, 2.24) is 4.98 Å². The van der Waals surface area contributed by atoms with Gasteiger partial charge in [-0.15, -0.1) is 0 Å². The Hall–Kier alpha value is -0.760. The van der Waals surface area contributed by atoms with E-state index in [1.807, 2.05) is 26.8 Å². The molecule has 0 aliphatic heterocycles. The fraction of sp³-hybridized carbons (Fsp3) is 0.545. The van der Waals surface area contributed by atoms with Gasteiger partial charge in [-0.05, 0) is 25.8 Å². The molecule has 0 bridgehead atoms. The van der Waals surface area contributed by atoms with Crippen LogP contribution in [-0.2, 0) is 0 Å². The topological polar surface area (TPSA) is 38.9 Å². The number of aromatic nitrogens is 1. The van der Waals surface area contributed by atoms with Gasteiger partial charge in [-0.25, -0.2) is 4.98 Å². The molecule has 1 aromatic heterocycles. The highest BCUT2D eigenvalue weighted by molar-refractivity contribution is 6.31. The number of hydrogen-bond donors (Lipinski definition) is 1. The predicted molar refractivity (Wildman–Crippen MR) is 61.7 cm³/mol. The van der Waals surface area contributed by atoms with Crippen LogP contribution in [0.5, 0.6) is 0 Å². The second-order valence-corrected chi connectivity index (χ2v) is 3.72. The molecule has 0 unspecified atom stereocenters. The van der Waals surface area contributed by atoms with E-state index in [9.17, 15) is 0 Å². The summed E-state index contributed by atoms with van der Waals surface area (Å²) in [5, 5.41) is 0.740. The molecule has 2 N–H and O–H groups in total. The predicted octanol–water partition coefficient (Wildman–Crippen LogP) is 3.53. The van der Waals surface area contributed by atoms with Crippen LogP contribution in [0, 0.1) is 6.92 Å². The van der Waals surface area contributed by atoms with E-state index in [4.69, 9.17) is 17.3 Å². The summed E-state index contributed by atoms with van der Waals surface area (Å²) in [6.45, 7) is 5.89. The fourth-order valence-electron chi connectivity index (χ4n) is 1.20. The molecule has 1 aromatic rings. The first-order valence-electron chi connectivity index (χ1n) is 5.11. The SMILES string of the molecule is CC.Cc1c(Cl)cc(C2CC2)nc1N. The van der Waals surface area contributed by atoms with Gasteiger partial charge in [0.15, 0.2) is 0 Å². The molecule has 1 fully saturated rings. The van der Waals surface area contributed by atoms with E-state index in [1.165, 1.54) is 12.8 Å². The van der Waals surface area contributed by atoms with Gasteiger partial charge in [-0.3, -0.25) is 0 Å². The van der Waals surface area contributed by atoms with Crippen molar-refractivity contribution in [2.75, 3.05) is 5.73 Å². The molecule has 0 atom stereocenters. The quantitative estimate of drug-likeness (QED) is 0.774. The number of anilines is 1. The number of nitrogens with zero attached hydrogens (tertiary/aromatic N) is 1. The van der Waals surface area contributed by atoms with E-state index in [0.717, 1.165) is 16.3 Å². The maximum atomic E-state index is 5.97. The maximum absolute atomic E-state index is 5.97. The lowest BCUT2D eigenvalue weighted by Gasteiger charge is -2.04. The zero-order valence-corrected chi connectivity index (χ0v) is 9.73. The first-order valence-corrected chi connectivity index (χ1v) is 5.49. The Kier molecular flexibility index (Phi) is 3.76. The van der Waals surface area contributed by atoms with Crippen LogP contribution in [0.3, 0.4) is 0 Å². The van der Waals surface area contributed by atoms with Crippen molar-refractivity contribution in [2.45, 2.75) is 39.5 Å². The number of rotatable bonds is 1. The van der Waals surface area contributed by atoms with Crippen molar-refractivity contribution in [3.63, 3.8) is 0 Å². The van der Waals surface area contributed by atoms with Gasteiger partial charge in [0.05, 0.1) is 0 Å². The molecule has 1 aliphatic rings. The minimum atomic E-state index is 0.574. The van der Waals surface area contributed by atoms with Crippen LogP contribution in [0.25, 0.3) is 0 Å². The summed E-state index contributed by atoms with van der Waals surface area (Å²) in [7, 11) is 0. The van der Waals surface area contributed by atoms with Gasteiger partial charge in [0.1, 0.15) is 5.82 Å². The number of pyridine rings is 1. The lowest BCUT2D eigenvalue weighted by molar-refractivity contribution is 1.02. The molecule has 2 rings (SSSR count). The summed E-state index contributed by atoms with van der Waals surface area (Å²) in [5.74, 6) is 1.19. The Bertz CT molecular complexity index is 296. The van der Waals surface area contributed by atoms with Gasteiger partial charge in [-0.2, -0.15) is 0 Å². The molecule has 1 heterocycles. The van der Waals surface area contributed by atoms with Crippen LogP contribution in [0.2, 0.25) is 5.02 Å². The molecule has 0 aromatic carbocycles. The number of hydrogen-bond acceptors (Lipinski definition) is 2. The van der Waals surface area contributed by atoms with Crippen molar-refractivity contribution in [2.24, 2.45) is 0 Å². The van der Waals surface area contributed by atoms with Gasteiger partial charge in [0, 0.05) is 22.2 Å². The Morgan fingerprint density at radius 2 is 2.00 bits per heavy atom. The third-order valence-electron chi connectivity index (χ3n) is 2.26. The van der Waals surface area contributed by atoms with E-state index < -0.39 is 0 Å². The Balaban J connectivity index is 0.000000461. The molecule has 0 spiro atoms. The minimum Gasteiger partial charge on any atom is -0.383 e. The summed E-state index contributed by atoms with van der Waals surface area (Å²) >= 11 is 5.97. The molecule has 0 saturated heterocycles. The van der Waals surface area contributed by atoms with Gasteiger partial charge in [-0.1, -0.05) is 25.4 Å². The standard InChI is InChI=1S/C9H11ClN2.C2H6/c1-5-7(10)4-8(6-2-3-6)12-9(5)11;1-2/h4,6H,2-3H2,1H3,(H2,11,12);1-2H3. The van der Waals surface area contributed by atoms with Crippen LogP contribution in [0.4, 0.5) is 5.82 Å². The highest BCUT2D eigenvalue weighted by atomic mass is 35.5. The van der Waals surface area contributed by atoms with E-state index in [0.29, 0.717) is 11.7 Å². The van der Waals surface area contributed by atoms with Gasteiger partial charge in [0.2, 0.25) is 0 Å². The molecule has 2 nitrogen and oxygen atoms in total. The largest absolute Gasteiger partial charge is 0.383 e. The van der Waals surface area contributed by atoms with Crippen LogP contribution >= 0.6 is 11.6 Å². The monoisotopic (exact) mass is 212 g/mol. The van der Waals surface area contributed by atoms with Gasteiger partial charge < -0.3 is 5.73 Å². The lowest BCUT2D eigenvalue weighted by Crippen LogP contribution is -1.98. The number of nitrogens with two attached hydrogens (primary N) is 1. The van der Waals surface area contributed by atoms with Crippen LogP contribution < -0.4 is 5.73 Å². The third kappa shape index (κ3) is 2.38. The molecular weight excluding hydrogens is 196 g/mol. The molecule has 0 amide bonds. The highest BCUT2D eigenvalue weighted by Gasteiger charge is 2.25. The first kappa shape index (κ1) is 11.3. The zero-order chi connectivity index (χ0) is 10.7. The average Bonchev–Trinajstić information content (AvgIpc) is 3.00. The summed E-state index contributed by atoms with van der Waals surface area (Å²) in [5.41, 5.74) is 7.64. The first-order chi connectivity index (χ1) is 6.68. The molecular formula is C11H17ClN2. The third-order valence-corrected chi connectivity index (χ3v) is 2.65. The van der Waals surface area contributed by atoms with E-state index in [2.05, 4.69) is 4.98 Å². The Labute approximate surface area is 90.5 Å². The van der Waals surface area contributed by atoms with Crippen molar-refractivity contribution in [3.8, 4) is 0 Å². The normalized spacial score (nSPS) is 14.6. The second kappa shape index (κ2) is 4.65. The Morgan fingerprint density at radius 1 is 1.43 bits per heavy atom. The minimum absolute atomic E-state index is 0.574. The van der Waals surface area contributed by atoms with E-state index in [1.54, 1.807) is 0 Å². The second-order valence-electron chi connectivity index (χ2n) is 3.31. The average molecular weight is 213 g/mol. The number of halogens is 1. The van der Waals surface area contributed by atoms with Crippen LogP contribution in [0.1, 0.15) is 43.9 Å². The fourth-order valence-corrected chi connectivity index (χ4v) is 1.41. The molecule has 78 valence electrons. The van der Waals surface area contributed by atoms with Gasteiger partial charge in [0.25, 0.3) is 0 Å². The molecule has 14 heavy (non-hydrogen) atoms. The van der Waals surface area contributed by atoms with E-state index in [-0.39, 0.29) is 0 Å². The van der Waals surface area contributed by atoms with Gasteiger partial charge >= 0.3 is 0 Å². The zero-order valence-electron chi connectivity index (χ0n) is 8.97. The van der Waals surface area contributed by atoms with Crippen molar-refractivity contribution >= 4 is 17.4 Å². The highest BCUT2D eigenvalue weighted by Crippen LogP contribution is 2.40. The molecule has 1 aliphatic carbocycles. The van der Waals surface area contributed by atoms with E-state index >= 15 is 0 Å². The Morgan fingerprint density at radius 3 is 2.43 bits per heavy atom. The summed E-state index contributed by atoms with van der Waals surface area (Å²) in [6.07, 6.45) is 2.46. The van der Waals surface area contributed by atoms with Crippen LogP contribution in [-0.4, -0.2) is 4.98 Å². The lowest BCUT2D eigenvalue weighted by atomic mass is 10.2. The summed E-state index contributed by atoms with van der Waals surface area (Å²) in [4.78, 5) is 4.29. The smallest absolute Gasteiger partial charge is 0.128 e. The van der Waals surface area contributed by atoms with Crippen LogP contribution in [0.15, 0.2) is 6.07 Å². The molecule has 3 heteroatoms. The molecule has 0 radical (unpaired) electrons.